The fraction of sp³-hybridized carbons (Fsp3) is 0.500. The highest BCUT2D eigenvalue weighted by Gasteiger charge is 2.17. The number of carbonyl (C=O) groups is 2. The summed E-state index contributed by atoms with van der Waals surface area (Å²) in [4.78, 5) is 23.3. The average Bonchev–Trinajstić information content (AvgIpc) is 2.24. The van der Waals surface area contributed by atoms with Gasteiger partial charge in [0.25, 0.3) is 0 Å². The second kappa shape index (κ2) is 6.50. The minimum atomic E-state index is -0.489. The molecule has 3 nitrogen and oxygen atoms in total. The minimum Gasteiger partial charge on any atom is -0.460 e. The third-order valence-corrected chi connectivity index (χ3v) is 2.51. The van der Waals surface area contributed by atoms with Crippen molar-refractivity contribution in [2.75, 3.05) is 0 Å². The molecule has 0 aromatic heterocycles. The van der Waals surface area contributed by atoms with Crippen molar-refractivity contribution in [2.45, 2.75) is 52.6 Å². The molecule has 0 aliphatic carbocycles. The van der Waals surface area contributed by atoms with Gasteiger partial charge in [-0.1, -0.05) is 29.8 Å². The van der Waals surface area contributed by atoms with Gasteiger partial charge in [-0.25, -0.2) is 0 Å². The van der Waals surface area contributed by atoms with E-state index in [2.05, 4.69) is 0 Å². The Hall–Kier alpha value is -1.64. The molecule has 0 saturated heterocycles. The summed E-state index contributed by atoms with van der Waals surface area (Å²) in [7, 11) is 0. The van der Waals surface area contributed by atoms with Crippen molar-refractivity contribution in [3.05, 3.63) is 35.4 Å². The maximum absolute atomic E-state index is 11.8. The number of carbonyl (C=O) groups excluding carboxylic acids is 2. The molecule has 1 aromatic carbocycles. The first-order chi connectivity index (χ1) is 8.76. The number of rotatable bonds is 5. The van der Waals surface area contributed by atoms with E-state index in [1.807, 2.05) is 52.0 Å². The Morgan fingerprint density at radius 3 is 2.42 bits per heavy atom. The first-order valence-electron chi connectivity index (χ1n) is 6.55. The number of benzene rings is 1. The van der Waals surface area contributed by atoms with Crippen molar-refractivity contribution in [3.8, 4) is 0 Å². The Balaban J connectivity index is 2.38. The highest BCUT2D eigenvalue weighted by atomic mass is 16.6. The Labute approximate surface area is 115 Å². The van der Waals surface area contributed by atoms with Gasteiger partial charge >= 0.3 is 5.97 Å². The maximum atomic E-state index is 11.8. The van der Waals surface area contributed by atoms with Gasteiger partial charge in [-0.2, -0.15) is 0 Å². The molecule has 19 heavy (non-hydrogen) atoms. The van der Waals surface area contributed by atoms with Gasteiger partial charge in [-0.05, 0) is 33.3 Å². The van der Waals surface area contributed by atoms with Gasteiger partial charge in [0.2, 0.25) is 0 Å². The summed E-state index contributed by atoms with van der Waals surface area (Å²) in [6.07, 6.45) is 0.773. The molecule has 1 aromatic rings. The van der Waals surface area contributed by atoms with Crippen LogP contribution in [0, 0.1) is 6.92 Å². The largest absolute Gasteiger partial charge is 0.460 e. The number of aryl methyl sites for hydroxylation is 1. The van der Waals surface area contributed by atoms with Gasteiger partial charge in [0.05, 0.1) is 6.42 Å². The number of hydrogen-bond acceptors (Lipinski definition) is 3. The summed E-state index contributed by atoms with van der Waals surface area (Å²) in [5.74, 6) is -0.249. The van der Waals surface area contributed by atoms with Crippen LogP contribution in [0.2, 0.25) is 0 Å². The molecule has 0 amide bonds. The van der Waals surface area contributed by atoms with E-state index in [0.29, 0.717) is 6.42 Å². The highest BCUT2D eigenvalue weighted by Crippen LogP contribution is 2.11. The fourth-order valence-electron chi connectivity index (χ4n) is 1.77. The lowest BCUT2D eigenvalue weighted by Gasteiger charge is -2.19. The van der Waals surface area contributed by atoms with E-state index in [9.17, 15) is 9.59 Å². The maximum Gasteiger partial charge on any atom is 0.306 e. The van der Waals surface area contributed by atoms with Gasteiger partial charge in [0, 0.05) is 12.8 Å². The van der Waals surface area contributed by atoms with Gasteiger partial charge in [0.1, 0.15) is 11.4 Å². The lowest BCUT2D eigenvalue weighted by Crippen LogP contribution is -2.24. The Bertz CT molecular complexity index is 455. The normalized spacial score (nSPS) is 11.2. The lowest BCUT2D eigenvalue weighted by molar-refractivity contribution is -0.155. The van der Waals surface area contributed by atoms with Crippen molar-refractivity contribution in [3.63, 3.8) is 0 Å². The van der Waals surface area contributed by atoms with E-state index in [1.165, 1.54) is 0 Å². The summed E-state index contributed by atoms with van der Waals surface area (Å²) in [5, 5.41) is 0. The van der Waals surface area contributed by atoms with E-state index in [4.69, 9.17) is 4.74 Å². The first kappa shape index (κ1) is 15.4. The van der Waals surface area contributed by atoms with Crippen LogP contribution in [0.5, 0.6) is 0 Å². The summed E-state index contributed by atoms with van der Waals surface area (Å²) in [5.41, 5.74) is 1.64. The molecular formula is C16H22O3. The van der Waals surface area contributed by atoms with Gasteiger partial charge in [0.15, 0.2) is 0 Å². The zero-order valence-corrected chi connectivity index (χ0v) is 12.2. The van der Waals surface area contributed by atoms with Crippen molar-refractivity contribution in [1.82, 2.24) is 0 Å². The van der Waals surface area contributed by atoms with Crippen LogP contribution in [0.1, 0.15) is 44.7 Å². The van der Waals surface area contributed by atoms with Crippen LogP contribution in [0.25, 0.3) is 0 Å². The molecule has 0 spiro atoms. The quantitative estimate of drug-likeness (QED) is 0.765. The second-order valence-corrected chi connectivity index (χ2v) is 5.79. The van der Waals surface area contributed by atoms with Crippen LogP contribution in [0.15, 0.2) is 24.3 Å². The van der Waals surface area contributed by atoms with Crippen LogP contribution >= 0.6 is 0 Å². The zero-order valence-electron chi connectivity index (χ0n) is 12.2. The second-order valence-electron chi connectivity index (χ2n) is 5.79. The molecule has 1 rings (SSSR count). The molecule has 0 aliphatic heterocycles. The van der Waals surface area contributed by atoms with Gasteiger partial charge in [-0.3, -0.25) is 9.59 Å². The predicted molar refractivity (Wildman–Crippen MR) is 75.0 cm³/mol. The summed E-state index contributed by atoms with van der Waals surface area (Å²) in [6, 6.07) is 7.85. The summed E-state index contributed by atoms with van der Waals surface area (Å²) >= 11 is 0. The number of Topliss-reactive ketones (excluding diaryl/α,β-unsaturated/α-hetero) is 1. The van der Waals surface area contributed by atoms with Crippen molar-refractivity contribution < 1.29 is 14.3 Å². The van der Waals surface area contributed by atoms with E-state index in [-0.39, 0.29) is 24.6 Å². The monoisotopic (exact) mass is 262 g/mol. The SMILES string of the molecule is Cc1cccc(CC(=O)CCC(=O)OC(C)(C)C)c1. The third-order valence-electron chi connectivity index (χ3n) is 2.51. The molecule has 3 heteroatoms. The van der Waals surface area contributed by atoms with E-state index < -0.39 is 5.60 Å². The summed E-state index contributed by atoms with van der Waals surface area (Å²) in [6.45, 7) is 7.45. The Kier molecular flexibility index (Phi) is 5.28. The van der Waals surface area contributed by atoms with Crippen LogP contribution in [-0.4, -0.2) is 17.4 Å². The smallest absolute Gasteiger partial charge is 0.306 e. The zero-order chi connectivity index (χ0) is 14.5. The van der Waals surface area contributed by atoms with E-state index in [1.54, 1.807) is 0 Å². The molecule has 0 aliphatic rings. The van der Waals surface area contributed by atoms with E-state index >= 15 is 0 Å². The molecule has 0 saturated carbocycles. The summed E-state index contributed by atoms with van der Waals surface area (Å²) < 4.78 is 5.17. The number of ketones is 1. The lowest BCUT2D eigenvalue weighted by atomic mass is 10.0. The van der Waals surface area contributed by atoms with Crippen LogP contribution in [-0.2, 0) is 20.7 Å². The Morgan fingerprint density at radius 2 is 1.84 bits per heavy atom. The molecule has 0 heterocycles. The Morgan fingerprint density at radius 1 is 1.16 bits per heavy atom. The molecule has 0 unspecified atom stereocenters. The van der Waals surface area contributed by atoms with Crippen LogP contribution in [0.4, 0.5) is 0 Å². The minimum absolute atomic E-state index is 0.0662. The number of ether oxygens (including phenoxy) is 1. The number of hydrogen-bond donors (Lipinski definition) is 0. The molecule has 0 radical (unpaired) electrons. The molecule has 0 fully saturated rings. The van der Waals surface area contributed by atoms with E-state index in [0.717, 1.165) is 11.1 Å². The van der Waals surface area contributed by atoms with Crippen molar-refractivity contribution >= 4 is 11.8 Å². The predicted octanol–water partition coefficient (Wildman–Crippen LogP) is 3.23. The van der Waals surface area contributed by atoms with Crippen LogP contribution in [0.3, 0.4) is 0 Å². The molecule has 0 bridgehead atoms. The third kappa shape index (κ3) is 6.75. The van der Waals surface area contributed by atoms with Gasteiger partial charge in [-0.15, -0.1) is 0 Å². The van der Waals surface area contributed by atoms with Crippen molar-refractivity contribution in [2.24, 2.45) is 0 Å². The molecule has 0 N–H and O–H groups in total. The fourth-order valence-corrected chi connectivity index (χ4v) is 1.77. The molecular weight excluding hydrogens is 240 g/mol. The highest BCUT2D eigenvalue weighted by molar-refractivity contribution is 5.84. The average molecular weight is 262 g/mol. The molecule has 0 atom stereocenters. The first-order valence-corrected chi connectivity index (χ1v) is 6.55. The number of esters is 1. The molecule has 104 valence electrons. The van der Waals surface area contributed by atoms with Crippen molar-refractivity contribution in [1.29, 1.82) is 0 Å². The standard InChI is InChI=1S/C16H22O3/c1-12-6-5-7-13(10-12)11-14(17)8-9-15(18)19-16(2,3)4/h5-7,10H,8-9,11H2,1-4H3. The topological polar surface area (TPSA) is 43.4 Å². The van der Waals surface area contributed by atoms with Gasteiger partial charge < -0.3 is 4.74 Å². The van der Waals surface area contributed by atoms with Crippen LogP contribution < -0.4 is 0 Å².